The van der Waals surface area contributed by atoms with E-state index in [2.05, 4.69) is 15.9 Å². The fourth-order valence-corrected chi connectivity index (χ4v) is 4.63. The van der Waals surface area contributed by atoms with Crippen molar-refractivity contribution >= 4 is 11.4 Å². The minimum atomic E-state index is -0.697. The molecule has 1 saturated heterocycles. The van der Waals surface area contributed by atoms with Crippen molar-refractivity contribution in [3.8, 4) is 11.5 Å². The number of nitro benzene ring substituents is 1. The summed E-state index contributed by atoms with van der Waals surface area (Å²) in [5.41, 5.74) is 2.77. The molecule has 2 aromatic rings. The van der Waals surface area contributed by atoms with Gasteiger partial charge in [0.2, 0.25) is 0 Å². The minimum Gasteiger partial charge on any atom is -0.486 e. The summed E-state index contributed by atoms with van der Waals surface area (Å²) in [4.78, 5) is 15.2. The first-order valence-corrected chi connectivity index (χ1v) is 9.95. The second kappa shape index (κ2) is 7.20. The van der Waals surface area contributed by atoms with Gasteiger partial charge in [0.25, 0.3) is 5.69 Å². The van der Waals surface area contributed by atoms with Crippen molar-refractivity contribution in [2.75, 3.05) is 44.3 Å². The number of benzene rings is 2. The van der Waals surface area contributed by atoms with Crippen molar-refractivity contribution in [1.82, 2.24) is 4.90 Å². The molecule has 8 heteroatoms. The molecular formula is C21H23N3O5. The van der Waals surface area contributed by atoms with Crippen LogP contribution in [0.5, 0.6) is 11.5 Å². The van der Waals surface area contributed by atoms with Gasteiger partial charge in [-0.15, -0.1) is 0 Å². The van der Waals surface area contributed by atoms with Crippen LogP contribution in [0.1, 0.15) is 17.2 Å². The summed E-state index contributed by atoms with van der Waals surface area (Å²) < 4.78 is 11.5. The van der Waals surface area contributed by atoms with E-state index in [-0.39, 0.29) is 11.7 Å². The first-order chi connectivity index (χ1) is 14.1. The lowest BCUT2D eigenvalue weighted by Crippen LogP contribution is -2.51. The van der Waals surface area contributed by atoms with Crippen LogP contribution < -0.4 is 14.4 Å². The van der Waals surface area contributed by atoms with E-state index in [9.17, 15) is 15.2 Å². The van der Waals surface area contributed by atoms with Gasteiger partial charge in [-0.05, 0) is 29.7 Å². The zero-order valence-corrected chi connectivity index (χ0v) is 16.0. The van der Waals surface area contributed by atoms with E-state index in [1.165, 1.54) is 12.1 Å². The van der Waals surface area contributed by atoms with Gasteiger partial charge in [0.05, 0.1) is 16.7 Å². The van der Waals surface area contributed by atoms with E-state index in [1.54, 1.807) is 6.07 Å². The Hall–Kier alpha value is -2.84. The maximum Gasteiger partial charge on any atom is 0.269 e. The molecule has 2 aromatic carbocycles. The number of para-hydroxylation sites is 1. The van der Waals surface area contributed by atoms with E-state index in [1.807, 2.05) is 12.1 Å². The van der Waals surface area contributed by atoms with Crippen molar-refractivity contribution in [2.24, 2.45) is 0 Å². The van der Waals surface area contributed by atoms with Gasteiger partial charge in [-0.25, -0.2) is 0 Å². The molecule has 0 spiro atoms. The molecule has 2 heterocycles. The Balaban J connectivity index is 1.29. The maximum atomic E-state index is 11.1. The van der Waals surface area contributed by atoms with Crippen molar-refractivity contribution in [3.63, 3.8) is 0 Å². The molecule has 1 N–H and O–H groups in total. The molecule has 3 aliphatic rings. The highest BCUT2D eigenvalue weighted by atomic mass is 16.6. The van der Waals surface area contributed by atoms with Crippen molar-refractivity contribution < 1.29 is 19.5 Å². The number of rotatable bonds is 3. The molecule has 0 aromatic heterocycles. The molecule has 152 valence electrons. The maximum absolute atomic E-state index is 11.1. The number of fused-ring (bicyclic) bond motifs is 2. The third kappa shape index (κ3) is 3.18. The molecule has 1 fully saturated rings. The van der Waals surface area contributed by atoms with Crippen molar-refractivity contribution in [3.05, 3.63) is 57.6 Å². The monoisotopic (exact) mass is 397 g/mol. The van der Waals surface area contributed by atoms with Gasteiger partial charge in [-0.2, -0.15) is 0 Å². The van der Waals surface area contributed by atoms with E-state index < -0.39 is 11.0 Å². The van der Waals surface area contributed by atoms with Crippen LogP contribution in [0.3, 0.4) is 0 Å². The van der Waals surface area contributed by atoms with Gasteiger partial charge in [-0.3, -0.25) is 15.0 Å². The number of anilines is 1. The first kappa shape index (κ1) is 18.2. The third-order valence-corrected chi connectivity index (χ3v) is 6.12. The van der Waals surface area contributed by atoms with Crippen LogP contribution in [-0.4, -0.2) is 60.4 Å². The van der Waals surface area contributed by atoms with Gasteiger partial charge in [0, 0.05) is 44.4 Å². The Morgan fingerprint density at radius 3 is 2.66 bits per heavy atom. The predicted octanol–water partition coefficient (Wildman–Crippen LogP) is 2.15. The summed E-state index contributed by atoms with van der Waals surface area (Å²) in [5.74, 6) is 1.60. The Labute approximate surface area is 168 Å². The lowest BCUT2D eigenvalue weighted by molar-refractivity contribution is -0.385. The largest absolute Gasteiger partial charge is 0.486 e. The summed E-state index contributed by atoms with van der Waals surface area (Å²) >= 11 is 0. The standard InChI is InChI=1S/C21H23N3O5/c25-20-16-13-15(24(26)27)5-4-14(16)12-18(20)23-8-6-22(7-9-23)17-2-1-3-19-21(17)29-11-10-28-19/h1-5,13,18,20,25H,6-12H2/t18-,20-/m0/s1. The van der Waals surface area contributed by atoms with Gasteiger partial charge >= 0.3 is 0 Å². The SMILES string of the molecule is O=[N+]([O-])c1ccc2c(c1)[C@H](O)[C@@H](N1CCN(c3cccc4c3OCCO4)CC1)C2. The van der Waals surface area contributed by atoms with Crippen molar-refractivity contribution in [2.45, 2.75) is 18.6 Å². The van der Waals surface area contributed by atoms with Gasteiger partial charge in [-0.1, -0.05) is 12.1 Å². The molecule has 0 saturated carbocycles. The van der Waals surface area contributed by atoms with Crippen LogP contribution in [0.25, 0.3) is 0 Å². The number of aliphatic hydroxyl groups is 1. The first-order valence-electron chi connectivity index (χ1n) is 9.95. The zero-order valence-electron chi connectivity index (χ0n) is 16.0. The Bertz CT molecular complexity index is 942. The summed E-state index contributed by atoms with van der Waals surface area (Å²) in [6.45, 7) is 4.38. The smallest absolute Gasteiger partial charge is 0.269 e. The lowest BCUT2D eigenvalue weighted by Gasteiger charge is -2.40. The Morgan fingerprint density at radius 2 is 1.86 bits per heavy atom. The molecule has 29 heavy (non-hydrogen) atoms. The number of hydrogen-bond donors (Lipinski definition) is 1. The van der Waals surface area contributed by atoms with Gasteiger partial charge < -0.3 is 19.5 Å². The topological polar surface area (TPSA) is 88.3 Å². The van der Waals surface area contributed by atoms with Crippen LogP contribution in [0, 0.1) is 10.1 Å². The highest BCUT2D eigenvalue weighted by Crippen LogP contribution is 2.41. The average Bonchev–Trinajstić information content (AvgIpc) is 3.09. The molecule has 0 bridgehead atoms. The van der Waals surface area contributed by atoms with E-state index >= 15 is 0 Å². The molecule has 0 unspecified atom stereocenters. The van der Waals surface area contributed by atoms with Crippen molar-refractivity contribution in [1.29, 1.82) is 0 Å². The second-order valence-electron chi connectivity index (χ2n) is 7.68. The summed E-state index contributed by atoms with van der Waals surface area (Å²) in [5, 5.41) is 21.9. The fraction of sp³-hybridized carbons (Fsp3) is 0.429. The number of hydrogen-bond acceptors (Lipinski definition) is 7. The Morgan fingerprint density at radius 1 is 1.07 bits per heavy atom. The fourth-order valence-electron chi connectivity index (χ4n) is 4.63. The zero-order chi connectivity index (χ0) is 20.0. The molecule has 1 aliphatic carbocycles. The average molecular weight is 397 g/mol. The lowest BCUT2D eigenvalue weighted by atomic mass is 10.1. The molecular weight excluding hydrogens is 374 g/mol. The number of aliphatic hydroxyl groups excluding tert-OH is 1. The third-order valence-electron chi connectivity index (χ3n) is 6.12. The van der Waals surface area contributed by atoms with Gasteiger partial charge in [0.1, 0.15) is 13.2 Å². The van der Waals surface area contributed by atoms with Crippen LogP contribution in [0.4, 0.5) is 11.4 Å². The molecule has 0 amide bonds. The molecule has 2 atom stereocenters. The molecule has 8 nitrogen and oxygen atoms in total. The number of piperazine rings is 1. The number of nitro groups is 1. The van der Waals surface area contributed by atoms with Crippen LogP contribution in [0.2, 0.25) is 0 Å². The van der Waals surface area contributed by atoms with Crippen LogP contribution >= 0.6 is 0 Å². The Kier molecular flexibility index (Phi) is 4.52. The molecule has 2 aliphatic heterocycles. The van der Waals surface area contributed by atoms with E-state index in [0.29, 0.717) is 25.2 Å². The van der Waals surface area contributed by atoms with Crippen LogP contribution in [0.15, 0.2) is 36.4 Å². The summed E-state index contributed by atoms with van der Waals surface area (Å²) in [7, 11) is 0. The summed E-state index contributed by atoms with van der Waals surface area (Å²) in [6, 6.07) is 10.7. The quantitative estimate of drug-likeness (QED) is 0.627. The van der Waals surface area contributed by atoms with Gasteiger partial charge in [0.15, 0.2) is 11.5 Å². The number of non-ortho nitro benzene ring substituents is 1. The normalized spacial score (nSPS) is 23.7. The molecule has 0 radical (unpaired) electrons. The second-order valence-corrected chi connectivity index (χ2v) is 7.68. The molecule has 5 rings (SSSR count). The predicted molar refractivity (Wildman–Crippen MR) is 107 cm³/mol. The summed E-state index contributed by atoms with van der Waals surface area (Å²) in [6.07, 6.45) is 0.0179. The number of nitrogens with zero attached hydrogens (tertiary/aromatic N) is 3. The van der Waals surface area contributed by atoms with E-state index in [0.717, 1.165) is 48.9 Å². The van der Waals surface area contributed by atoms with E-state index in [4.69, 9.17) is 9.47 Å². The number of ether oxygens (including phenoxy) is 2. The highest BCUT2D eigenvalue weighted by Gasteiger charge is 2.37. The van der Waals surface area contributed by atoms with Crippen LogP contribution in [-0.2, 0) is 6.42 Å². The highest BCUT2D eigenvalue weighted by molar-refractivity contribution is 5.65. The minimum absolute atomic E-state index is 0.0318.